The fourth-order valence-electron chi connectivity index (χ4n) is 2.59. The van der Waals surface area contributed by atoms with Crippen molar-refractivity contribution in [3.05, 3.63) is 41.9 Å². The predicted molar refractivity (Wildman–Crippen MR) is 83.0 cm³/mol. The Balaban J connectivity index is 1.77. The number of tetrazole rings is 1. The van der Waals surface area contributed by atoms with Gasteiger partial charge in [0.25, 0.3) is 0 Å². The van der Waals surface area contributed by atoms with E-state index in [2.05, 4.69) is 57.8 Å². The van der Waals surface area contributed by atoms with Crippen LogP contribution in [0, 0.1) is 0 Å². The molecule has 0 radical (unpaired) electrons. The van der Waals surface area contributed by atoms with E-state index >= 15 is 0 Å². The third-order valence-electron chi connectivity index (χ3n) is 3.91. The Morgan fingerprint density at radius 3 is 2.57 bits per heavy atom. The highest BCUT2D eigenvalue weighted by Crippen LogP contribution is 2.13. The van der Waals surface area contributed by atoms with Gasteiger partial charge in [0.1, 0.15) is 0 Å². The number of rotatable bonds is 4. The summed E-state index contributed by atoms with van der Waals surface area (Å²) in [5, 5.41) is 12.0. The molecule has 0 atom stereocenters. The van der Waals surface area contributed by atoms with Crippen molar-refractivity contribution in [2.45, 2.75) is 32.6 Å². The Kier molecular flexibility index (Phi) is 4.28. The SMILES string of the molecule is CCc1ccc(-n2nnnc2/C=C\N2CCCCC2)cc1. The molecule has 0 N–H and O–H groups in total. The lowest BCUT2D eigenvalue weighted by atomic mass is 10.1. The summed E-state index contributed by atoms with van der Waals surface area (Å²) in [6.07, 6.45) is 9.03. The zero-order valence-corrected chi connectivity index (χ0v) is 12.4. The molecule has 5 nitrogen and oxygen atoms in total. The Morgan fingerprint density at radius 2 is 1.86 bits per heavy atom. The Bertz CT molecular complexity index is 593. The molecule has 3 rings (SSSR count). The van der Waals surface area contributed by atoms with E-state index < -0.39 is 0 Å². The molecule has 1 fully saturated rings. The monoisotopic (exact) mass is 283 g/mol. The molecule has 1 aliphatic rings. The minimum absolute atomic E-state index is 0.768. The van der Waals surface area contributed by atoms with Crippen LogP contribution in [0.3, 0.4) is 0 Å². The lowest BCUT2D eigenvalue weighted by molar-refractivity contribution is 0.311. The molecular weight excluding hydrogens is 262 g/mol. The largest absolute Gasteiger partial charge is 0.377 e. The number of aryl methyl sites for hydroxylation is 1. The average molecular weight is 283 g/mol. The van der Waals surface area contributed by atoms with Crippen molar-refractivity contribution in [2.75, 3.05) is 13.1 Å². The van der Waals surface area contributed by atoms with Crippen molar-refractivity contribution in [3.8, 4) is 5.69 Å². The highest BCUT2D eigenvalue weighted by Gasteiger charge is 2.08. The van der Waals surface area contributed by atoms with Crippen LogP contribution in [0.1, 0.15) is 37.6 Å². The van der Waals surface area contributed by atoms with E-state index in [4.69, 9.17) is 0 Å². The minimum atomic E-state index is 0.768. The van der Waals surface area contributed by atoms with Crippen molar-refractivity contribution in [2.24, 2.45) is 0 Å². The number of hydrogen-bond acceptors (Lipinski definition) is 4. The lowest BCUT2D eigenvalue weighted by Crippen LogP contribution is -2.24. The second-order valence-corrected chi connectivity index (χ2v) is 5.38. The van der Waals surface area contributed by atoms with E-state index in [0.29, 0.717) is 0 Å². The van der Waals surface area contributed by atoms with Gasteiger partial charge in [-0.05, 0) is 53.8 Å². The Hall–Kier alpha value is -2.17. The lowest BCUT2D eigenvalue weighted by Gasteiger charge is -2.24. The third-order valence-corrected chi connectivity index (χ3v) is 3.91. The second kappa shape index (κ2) is 6.52. The summed E-state index contributed by atoms with van der Waals surface area (Å²) in [7, 11) is 0. The van der Waals surface area contributed by atoms with E-state index in [1.807, 2.05) is 6.08 Å². The zero-order chi connectivity index (χ0) is 14.5. The summed E-state index contributed by atoms with van der Waals surface area (Å²) in [5.74, 6) is 0.768. The van der Waals surface area contributed by atoms with Gasteiger partial charge in [0, 0.05) is 25.4 Å². The van der Waals surface area contributed by atoms with Gasteiger partial charge in [-0.2, -0.15) is 4.68 Å². The van der Waals surface area contributed by atoms with Crippen molar-refractivity contribution in [1.29, 1.82) is 0 Å². The Morgan fingerprint density at radius 1 is 1.10 bits per heavy atom. The molecule has 2 aromatic rings. The van der Waals surface area contributed by atoms with Crippen LogP contribution in [0.4, 0.5) is 0 Å². The molecule has 2 heterocycles. The second-order valence-electron chi connectivity index (χ2n) is 5.38. The van der Waals surface area contributed by atoms with Gasteiger partial charge < -0.3 is 4.90 Å². The van der Waals surface area contributed by atoms with Crippen LogP contribution in [0.15, 0.2) is 30.5 Å². The molecular formula is C16H21N5. The van der Waals surface area contributed by atoms with Crippen molar-refractivity contribution >= 4 is 6.08 Å². The smallest absolute Gasteiger partial charge is 0.181 e. The molecule has 0 saturated carbocycles. The summed E-state index contributed by atoms with van der Waals surface area (Å²) in [6.45, 7) is 4.41. The summed E-state index contributed by atoms with van der Waals surface area (Å²) in [4.78, 5) is 2.34. The van der Waals surface area contributed by atoms with Crippen LogP contribution in [0.25, 0.3) is 11.8 Å². The standard InChI is InChI=1S/C16H21N5/c1-2-14-6-8-15(9-7-14)21-16(17-18-19-21)10-13-20-11-4-3-5-12-20/h6-10,13H,2-5,11-12H2,1H3/b13-10-. The molecule has 1 saturated heterocycles. The molecule has 0 spiro atoms. The quantitative estimate of drug-likeness (QED) is 0.865. The van der Waals surface area contributed by atoms with Crippen molar-refractivity contribution < 1.29 is 0 Å². The maximum Gasteiger partial charge on any atom is 0.181 e. The van der Waals surface area contributed by atoms with Gasteiger partial charge >= 0.3 is 0 Å². The molecule has 110 valence electrons. The maximum atomic E-state index is 4.11. The first-order chi connectivity index (χ1) is 10.4. The first-order valence-electron chi connectivity index (χ1n) is 7.67. The number of aromatic nitrogens is 4. The molecule has 0 bridgehead atoms. The molecule has 1 aliphatic heterocycles. The van der Waals surface area contributed by atoms with Crippen LogP contribution in [-0.2, 0) is 6.42 Å². The van der Waals surface area contributed by atoms with Crippen LogP contribution in [0.5, 0.6) is 0 Å². The van der Waals surface area contributed by atoms with Gasteiger partial charge in [0.05, 0.1) is 5.69 Å². The topological polar surface area (TPSA) is 46.8 Å². The highest BCUT2D eigenvalue weighted by atomic mass is 15.5. The molecule has 5 heteroatoms. The maximum absolute atomic E-state index is 4.11. The summed E-state index contributed by atoms with van der Waals surface area (Å²) >= 11 is 0. The van der Waals surface area contributed by atoms with E-state index in [9.17, 15) is 0 Å². The number of nitrogens with zero attached hydrogens (tertiary/aromatic N) is 5. The number of hydrogen-bond donors (Lipinski definition) is 0. The van der Waals surface area contributed by atoms with Gasteiger partial charge in [0.2, 0.25) is 0 Å². The molecule has 21 heavy (non-hydrogen) atoms. The van der Waals surface area contributed by atoms with Gasteiger partial charge in [-0.15, -0.1) is 5.10 Å². The highest BCUT2D eigenvalue weighted by molar-refractivity contribution is 5.44. The van der Waals surface area contributed by atoms with Crippen LogP contribution >= 0.6 is 0 Å². The Labute approximate surface area is 125 Å². The van der Waals surface area contributed by atoms with Crippen LogP contribution in [-0.4, -0.2) is 38.2 Å². The van der Waals surface area contributed by atoms with E-state index in [-0.39, 0.29) is 0 Å². The average Bonchev–Trinajstić information content (AvgIpc) is 3.02. The van der Waals surface area contributed by atoms with E-state index in [1.165, 1.54) is 24.8 Å². The number of piperidine rings is 1. The summed E-state index contributed by atoms with van der Waals surface area (Å²) in [6, 6.07) is 8.37. The fourth-order valence-corrected chi connectivity index (χ4v) is 2.59. The number of benzene rings is 1. The first kappa shape index (κ1) is 13.8. The van der Waals surface area contributed by atoms with Crippen LogP contribution < -0.4 is 0 Å². The minimum Gasteiger partial charge on any atom is -0.377 e. The zero-order valence-electron chi connectivity index (χ0n) is 12.4. The molecule has 1 aromatic heterocycles. The normalized spacial score (nSPS) is 15.8. The molecule has 0 aliphatic carbocycles. The third kappa shape index (κ3) is 3.29. The predicted octanol–water partition coefficient (Wildman–Crippen LogP) is 2.68. The van der Waals surface area contributed by atoms with E-state index in [1.54, 1.807) is 4.68 Å². The van der Waals surface area contributed by atoms with E-state index in [0.717, 1.165) is 31.0 Å². The van der Waals surface area contributed by atoms with Crippen molar-refractivity contribution in [3.63, 3.8) is 0 Å². The molecule has 0 unspecified atom stereocenters. The number of likely N-dealkylation sites (tertiary alicyclic amines) is 1. The van der Waals surface area contributed by atoms with Gasteiger partial charge in [0.15, 0.2) is 5.82 Å². The molecule has 1 aromatic carbocycles. The van der Waals surface area contributed by atoms with Gasteiger partial charge in [-0.25, -0.2) is 0 Å². The van der Waals surface area contributed by atoms with Gasteiger partial charge in [-0.1, -0.05) is 19.1 Å². The van der Waals surface area contributed by atoms with Crippen molar-refractivity contribution in [1.82, 2.24) is 25.1 Å². The fraction of sp³-hybridized carbons (Fsp3) is 0.438. The summed E-state index contributed by atoms with van der Waals surface area (Å²) < 4.78 is 1.78. The van der Waals surface area contributed by atoms with Gasteiger partial charge in [-0.3, -0.25) is 0 Å². The van der Waals surface area contributed by atoms with Crippen LogP contribution in [0.2, 0.25) is 0 Å². The summed E-state index contributed by atoms with van der Waals surface area (Å²) in [5.41, 5.74) is 2.31. The molecule has 0 amide bonds. The first-order valence-corrected chi connectivity index (χ1v) is 7.67.